The standard InChI is InChI=1S/C31H38FN3O5S/c1-21(2)18-33-31(37)24(5)34(19-25-10-12-26(32)13-11-25)30(36)20-35(28-17-23(4)9-16-29(28)40-6)41(38,39)27-14-7-22(3)8-15-27/h7-17,21,24H,18-20H2,1-6H3,(H,33,37)/t24-/m1/s1. The van der Waals surface area contributed by atoms with E-state index >= 15 is 0 Å². The van der Waals surface area contributed by atoms with Gasteiger partial charge >= 0.3 is 0 Å². The van der Waals surface area contributed by atoms with Crippen LogP contribution in [0.1, 0.15) is 37.5 Å². The molecule has 2 amide bonds. The average molecular weight is 584 g/mol. The summed E-state index contributed by atoms with van der Waals surface area (Å²) in [5.74, 6) is -0.963. The number of halogens is 1. The van der Waals surface area contributed by atoms with Crippen molar-refractivity contribution in [1.29, 1.82) is 0 Å². The molecule has 0 heterocycles. The van der Waals surface area contributed by atoms with Crippen LogP contribution in [-0.2, 0) is 26.2 Å². The summed E-state index contributed by atoms with van der Waals surface area (Å²) >= 11 is 0. The van der Waals surface area contributed by atoms with Gasteiger partial charge in [-0.15, -0.1) is 0 Å². The van der Waals surface area contributed by atoms with E-state index in [1.807, 2.05) is 27.7 Å². The Kier molecular flexibility index (Phi) is 10.5. The molecule has 0 saturated carbocycles. The van der Waals surface area contributed by atoms with E-state index in [9.17, 15) is 22.4 Å². The number of aryl methyl sites for hydroxylation is 2. The molecule has 0 aliphatic rings. The third-order valence-electron chi connectivity index (χ3n) is 6.61. The van der Waals surface area contributed by atoms with Crippen LogP contribution in [0.15, 0.2) is 71.6 Å². The highest BCUT2D eigenvalue weighted by Gasteiger charge is 2.34. The number of ether oxygens (including phenoxy) is 1. The lowest BCUT2D eigenvalue weighted by molar-refractivity contribution is -0.139. The van der Waals surface area contributed by atoms with Gasteiger partial charge in [0.1, 0.15) is 24.2 Å². The lowest BCUT2D eigenvalue weighted by Gasteiger charge is -2.32. The lowest BCUT2D eigenvalue weighted by atomic mass is 10.1. The highest BCUT2D eigenvalue weighted by atomic mass is 32.2. The molecule has 0 unspecified atom stereocenters. The van der Waals surface area contributed by atoms with Crippen molar-refractivity contribution in [2.75, 3.05) is 24.5 Å². The first-order chi connectivity index (χ1) is 19.3. The molecule has 3 aromatic rings. The summed E-state index contributed by atoms with van der Waals surface area (Å²) in [6.07, 6.45) is 0. The van der Waals surface area contributed by atoms with E-state index in [2.05, 4.69) is 5.32 Å². The maximum absolute atomic E-state index is 14.0. The number of hydrogen-bond acceptors (Lipinski definition) is 5. The van der Waals surface area contributed by atoms with Crippen LogP contribution in [0.25, 0.3) is 0 Å². The molecular formula is C31H38FN3O5S. The van der Waals surface area contributed by atoms with E-state index in [-0.39, 0.29) is 34.7 Å². The Hall–Kier alpha value is -3.92. The van der Waals surface area contributed by atoms with Gasteiger partial charge in [0.15, 0.2) is 0 Å². The SMILES string of the molecule is COc1ccc(C)cc1N(CC(=O)N(Cc1ccc(F)cc1)[C@H](C)C(=O)NCC(C)C)S(=O)(=O)c1ccc(C)cc1. The fraction of sp³-hybridized carbons (Fsp3) is 0.355. The molecule has 1 atom stereocenters. The number of nitrogens with one attached hydrogen (secondary N) is 1. The van der Waals surface area contributed by atoms with Crippen molar-refractivity contribution in [2.45, 2.75) is 52.1 Å². The molecule has 0 saturated heterocycles. The number of sulfonamides is 1. The predicted octanol–water partition coefficient (Wildman–Crippen LogP) is 4.84. The molecule has 0 aliphatic heterocycles. The first-order valence-corrected chi connectivity index (χ1v) is 14.8. The second-order valence-electron chi connectivity index (χ2n) is 10.5. The quantitative estimate of drug-likeness (QED) is 0.329. The van der Waals surface area contributed by atoms with Gasteiger partial charge in [-0.2, -0.15) is 0 Å². The Morgan fingerprint density at radius 1 is 0.927 bits per heavy atom. The van der Waals surface area contributed by atoms with Crippen molar-refractivity contribution >= 4 is 27.5 Å². The third-order valence-corrected chi connectivity index (χ3v) is 8.38. The van der Waals surface area contributed by atoms with Gasteiger partial charge in [-0.05, 0) is 74.2 Å². The number of rotatable bonds is 12. The molecule has 0 spiro atoms. The van der Waals surface area contributed by atoms with Crippen LogP contribution in [-0.4, -0.2) is 51.4 Å². The average Bonchev–Trinajstić information content (AvgIpc) is 2.93. The summed E-state index contributed by atoms with van der Waals surface area (Å²) in [7, 11) is -2.81. The fourth-order valence-electron chi connectivity index (χ4n) is 4.17. The molecule has 10 heteroatoms. The molecule has 41 heavy (non-hydrogen) atoms. The summed E-state index contributed by atoms with van der Waals surface area (Å²) in [6, 6.07) is 16.1. The maximum atomic E-state index is 14.0. The number of nitrogens with zero attached hydrogens (tertiary/aromatic N) is 2. The lowest BCUT2D eigenvalue weighted by Crippen LogP contribution is -2.51. The van der Waals surface area contributed by atoms with Gasteiger partial charge in [0, 0.05) is 13.1 Å². The van der Waals surface area contributed by atoms with Crippen molar-refractivity contribution in [3.05, 3.63) is 89.2 Å². The van der Waals surface area contributed by atoms with E-state index in [1.54, 1.807) is 37.3 Å². The zero-order valence-electron chi connectivity index (χ0n) is 24.3. The van der Waals surface area contributed by atoms with E-state index in [0.717, 1.165) is 15.4 Å². The monoisotopic (exact) mass is 583 g/mol. The first-order valence-electron chi connectivity index (χ1n) is 13.4. The van der Waals surface area contributed by atoms with E-state index in [1.165, 1.54) is 48.4 Å². The molecule has 8 nitrogen and oxygen atoms in total. The van der Waals surface area contributed by atoms with Gasteiger partial charge in [0.2, 0.25) is 11.8 Å². The molecule has 0 fully saturated rings. The van der Waals surface area contributed by atoms with Gasteiger partial charge in [0.05, 0.1) is 17.7 Å². The minimum absolute atomic E-state index is 0.00673. The number of hydrogen-bond donors (Lipinski definition) is 1. The van der Waals surface area contributed by atoms with Crippen molar-refractivity contribution in [3.63, 3.8) is 0 Å². The molecular weight excluding hydrogens is 545 g/mol. The number of carbonyl (C=O) groups is 2. The Labute approximate surface area is 242 Å². The van der Waals surface area contributed by atoms with Crippen molar-refractivity contribution in [3.8, 4) is 5.75 Å². The maximum Gasteiger partial charge on any atom is 0.264 e. The molecule has 0 radical (unpaired) electrons. The van der Waals surface area contributed by atoms with Crippen LogP contribution in [0, 0.1) is 25.6 Å². The summed E-state index contributed by atoms with van der Waals surface area (Å²) in [5, 5.41) is 2.84. The number of carbonyl (C=O) groups excluding carboxylic acids is 2. The Bertz CT molecular complexity index is 1460. The number of amides is 2. The summed E-state index contributed by atoms with van der Waals surface area (Å²) in [6.45, 7) is 8.94. The molecule has 3 rings (SSSR count). The third kappa shape index (κ3) is 8.07. The summed E-state index contributed by atoms with van der Waals surface area (Å²) < 4.78 is 48.2. The van der Waals surface area contributed by atoms with E-state index in [0.29, 0.717) is 12.1 Å². The second kappa shape index (κ2) is 13.6. The molecule has 0 bridgehead atoms. The Morgan fingerprint density at radius 3 is 2.12 bits per heavy atom. The number of methoxy groups -OCH3 is 1. The van der Waals surface area contributed by atoms with E-state index in [4.69, 9.17) is 4.74 Å². The minimum Gasteiger partial charge on any atom is -0.495 e. The Morgan fingerprint density at radius 2 is 1.54 bits per heavy atom. The van der Waals surface area contributed by atoms with Gasteiger partial charge < -0.3 is 15.0 Å². The van der Waals surface area contributed by atoms with Gasteiger partial charge in [-0.25, -0.2) is 12.8 Å². The normalized spacial score (nSPS) is 12.1. The smallest absolute Gasteiger partial charge is 0.264 e. The van der Waals surface area contributed by atoms with Crippen LogP contribution in [0.4, 0.5) is 10.1 Å². The second-order valence-corrected chi connectivity index (χ2v) is 12.3. The van der Waals surface area contributed by atoms with Crippen LogP contribution >= 0.6 is 0 Å². The molecule has 3 aromatic carbocycles. The van der Waals surface area contributed by atoms with Gasteiger partial charge in [-0.1, -0.05) is 49.7 Å². The topological polar surface area (TPSA) is 96.0 Å². The number of benzene rings is 3. The zero-order valence-corrected chi connectivity index (χ0v) is 25.2. The van der Waals surface area contributed by atoms with E-state index < -0.39 is 34.3 Å². The van der Waals surface area contributed by atoms with Gasteiger partial charge in [0.25, 0.3) is 10.0 Å². The largest absolute Gasteiger partial charge is 0.495 e. The molecule has 220 valence electrons. The fourth-order valence-corrected chi connectivity index (χ4v) is 5.58. The van der Waals surface area contributed by atoms with Gasteiger partial charge in [-0.3, -0.25) is 13.9 Å². The number of anilines is 1. The van der Waals surface area contributed by atoms with Crippen molar-refractivity contribution in [1.82, 2.24) is 10.2 Å². The predicted molar refractivity (Wildman–Crippen MR) is 158 cm³/mol. The molecule has 0 aliphatic carbocycles. The summed E-state index contributed by atoms with van der Waals surface area (Å²) in [5.41, 5.74) is 2.43. The first kappa shape index (κ1) is 31.6. The van der Waals surface area contributed by atoms with Crippen LogP contribution < -0.4 is 14.4 Å². The van der Waals surface area contributed by atoms with Crippen molar-refractivity contribution in [2.24, 2.45) is 5.92 Å². The van der Waals surface area contributed by atoms with Crippen LogP contribution in [0.3, 0.4) is 0 Å². The Balaban J connectivity index is 2.08. The highest BCUT2D eigenvalue weighted by Crippen LogP contribution is 2.34. The summed E-state index contributed by atoms with van der Waals surface area (Å²) in [4.78, 5) is 28.4. The zero-order chi connectivity index (χ0) is 30.3. The molecule has 0 aromatic heterocycles. The highest BCUT2D eigenvalue weighted by molar-refractivity contribution is 7.92. The van der Waals surface area contributed by atoms with Crippen molar-refractivity contribution < 1.29 is 27.1 Å². The van der Waals surface area contributed by atoms with Crippen LogP contribution in [0.5, 0.6) is 5.75 Å². The molecule has 1 N–H and O–H groups in total. The van der Waals surface area contributed by atoms with Crippen LogP contribution in [0.2, 0.25) is 0 Å². The minimum atomic E-state index is -4.24.